The van der Waals surface area contributed by atoms with Crippen molar-refractivity contribution in [2.24, 2.45) is 5.92 Å². The number of amides is 1. The van der Waals surface area contributed by atoms with Crippen LogP contribution < -0.4 is 0 Å². The lowest BCUT2D eigenvalue weighted by Gasteiger charge is -2.24. The van der Waals surface area contributed by atoms with Crippen molar-refractivity contribution >= 4 is 17.5 Å². The highest BCUT2D eigenvalue weighted by molar-refractivity contribution is 5.86. The van der Waals surface area contributed by atoms with Crippen molar-refractivity contribution in [3.63, 3.8) is 0 Å². The van der Waals surface area contributed by atoms with Gasteiger partial charge in [-0.2, -0.15) is 5.10 Å². The highest BCUT2D eigenvalue weighted by atomic mass is 16.5. The Bertz CT molecular complexity index is 843. The van der Waals surface area contributed by atoms with Crippen LogP contribution in [-0.4, -0.2) is 50.6 Å². The van der Waals surface area contributed by atoms with Crippen molar-refractivity contribution in [1.29, 1.82) is 0 Å². The third-order valence-electron chi connectivity index (χ3n) is 5.15. The van der Waals surface area contributed by atoms with Crippen molar-refractivity contribution in [2.75, 3.05) is 13.2 Å². The Labute approximate surface area is 159 Å². The molecular weight excluding hydrogens is 344 g/mol. The molecule has 0 spiro atoms. The van der Waals surface area contributed by atoms with Crippen molar-refractivity contribution in [3.8, 4) is 0 Å². The fourth-order valence-corrected chi connectivity index (χ4v) is 3.48. The quantitative estimate of drug-likeness (QED) is 0.575. The van der Waals surface area contributed by atoms with Crippen LogP contribution in [0.2, 0.25) is 0 Å². The van der Waals surface area contributed by atoms with Gasteiger partial charge in [-0.05, 0) is 45.1 Å². The van der Waals surface area contributed by atoms with Crippen LogP contribution in [0.1, 0.15) is 49.9 Å². The number of carbonyl (C=O) groups is 2. The molecule has 2 aromatic rings. The first-order chi connectivity index (χ1) is 12.9. The van der Waals surface area contributed by atoms with Crippen LogP contribution in [-0.2, 0) is 20.7 Å². The normalized spacial score (nSPS) is 17.1. The van der Waals surface area contributed by atoms with Gasteiger partial charge in [0.05, 0.1) is 12.3 Å². The molecule has 7 nitrogen and oxygen atoms in total. The summed E-state index contributed by atoms with van der Waals surface area (Å²) in [6.07, 6.45) is 6.84. The van der Waals surface area contributed by atoms with Crippen molar-refractivity contribution in [1.82, 2.24) is 19.5 Å². The molecule has 0 saturated carbocycles. The van der Waals surface area contributed by atoms with E-state index in [0.29, 0.717) is 26.0 Å². The Morgan fingerprint density at radius 2 is 2.11 bits per heavy atom. The summed E-state index contributed by atoms with van der Waals surface area (Å²) < 4.78 is 7.25. The van der Waals surface area contributed by atoms with E-state index in [1.165, 1.54) is 0 Å². The van der Waals surface area contributed by atoms with Gasteiger partial charge in [0.2, 0.25) is 5.91 Å². The molecule has 7 heteroatoms. The Balaban J connectivity index is 1.50. The number of fused-ring (bicyclic) bond motifs is 1. The number of likely N-dealkylation sites (tertiary alicyclic amines) is 1. The second-order valence-corrected chi connectivity index (χ2v) is 7.56. The third kappa shape index (κ3) is 4.12. The minimum atomic E-state index is -0.423. The van der Waals surface area contributed by atoms with Gasteiger partial charge in [-0.1, -0.05) is 13.8 Å². The maximum atomic E-state index is 12.4. The average Bonchev–Trinajstić information content (AvgIpc) is 3.23. The number of ether oxygens (including phenoxy) is 1. The van der Waals surface area contributed by atoms with E-state index in [9.17, 15) is 9.59 Å². The van der Waals surface area contributed by atoms with Crippen LogP contribution in [0, 0.1) is 19.8 Å². The highest BCUT2D eigenvalue weighted by Gasteiger charge is 2.35. The molecular formula is C20H28N4O3. The Kier molecular flexibility index (Phi) is 5.77. The molecule has 1 fully saturated rings. The predicted molar refractivity (Wildman–Crippen MR) is 101 cm³/mol. The molecule has 3 rings (SSSR count). The van der Waals surface area contributed by atoms with Gasteiger partial charge in [0.1, 0.15) is 6.04 Å². The SMILES string of the molecule is Cc1nn2cc(CCCOC(=O)C3CCCN3C(=O)C(C)C)cnc2c1C. The number of hydrogen-bond acceptors (Lipinski definition) is 5. The first-order valence-electron chi connectivity index (χ1n) is 9.66. The lowest BCUT2D eigenvalue weighted by atomic mass is 10.1. The molecule has 1 amide bonds. The van der Waals surface area contributed by atoms with Crippen molar-refractivity contribution in [2.45, 2.75) is 59.4 Å². The van der Waals surface area contributed by atoms with Crippen molar-refractivity contribution in [3.05, 3.63) is 29.2 Å². The summed E-state index contributed by atoms with van der Waals surface area (Å²) in [5, 5.41) is 4.45. The molecule has 1 aliphatic rings. The minimum Gasteiger partial charge on any atom is -0.464 e. The number of rotatable bonds is 6. The summed E-state index contributed by atoms with van der Waals surface area (Å²) in [4.78, 5) is 30.7. The summed E-state index contributed by atoms with van der Waals surface area (Å²) >= 11 is 0. The van der Waals surface area contributed by atoms with E-state index in [-0.39, 0.29) is 17.8 Å². The molecule has 1 aliphatic heterocycles. The van der Waals surface area contributed by atoms with Crippen LogP contribution in [0.15, 0.2) is 12.4 Å². The molecule has 2 aromatic heterocycles. The largest absolute Gasteiger partial charge is 0.464 e. The zero-order chi connectivity index (χ0) is 19.6. The number of aryl methyl sites for hydroxylation is 3. The molecule has 1 saturated heterocycles. The fraction of sp³-hybridized carbons (Fsp3) is 0.600. The maximum Gasteiger partial charge on any atom is 0.328 e. The first-order valence-corrected chi connectivity index (χ1v) is 9.66. The summed E-state index contributed by atoms with van der Waals surface area (Å²) in [5.41, 5.74) is 4.00. The van der Waals surface area contributed by atoms with E-state index < -0.39 is 6.04 Å². The van der Waals surface area contributed by atoms with Gasteiger partial charge in [0, 0.05) is 30.4 Å². The lowest BCUT2D eigenvalue weighted by Crippen LogP contribution is -2.43. The maximum absolute atomic E-state index is 12.4. The molecule has 0 radical (unpaired) electrons. The van der Waals surface area contributed by atoms with Gasteiger partial charge >= 0.3 is 5.97 Å². The second-order valence-electron chi connectivity index (χ2n) is 7.56. The Morgan fingerprint density at radius 3 is 2.85 bits per heavy atom. The molecule has 0 N–H and O–H groups in total. The van der Waals surface area contributed by atoms with E-state index in [1.54, 1.807) is 9.42 Å². The second kappa shape index (κ2) is 8.06. The van der Waals surface area contributed by atoms with Gasteiger partial charge in [-0.15, -0.1) is 0 Å². The number of carbonyl (C=O) groups excluding carboxylic acids is 2. The summed E-state index contributed by atoms with van der Waals surface area (Å²) in [6, 6.07) is -0.423. The number of esters is 1. The van der Waals surface area contributed by atoms with Crippen LogP contribution in [0.25, 0.3) is 5.65 Å². The number of nitrogens with zero attached hydrogens (tertiary/aromatic N) is 4. The predicted octanol–water partition coefficient (Wildman–Crippen LogP) is 2.47. The molecule has 1 unspecified atom stereocenters. The summed E-state index contributed by atoms with van der Waals surface area (Å²) in [6.45, 7) is 8.69. The van der Waals surface area contributed by atoms with E-state index in [1.807, 2.05) is 40.1 Å². The van der Waals surface area contributed by atoms with E-state index in [2.05, 4.69) is 10.1 Å². The smallest absolute Gasteiger partial charge is 0.328 e. The van der Waals surface area contributed by atoms with Gasteiger partial charge in [0.25, 0.3) is 0 Å². The standard InChI is InChI=1S/C20H28N4O3/c1-13(2)19(25)23-9-5-8-17(23)20(26)27-10-6-7-16-11-21-18-14(3)15(4)22-24(18)12-16/h11-13,17H,5-10H2,1-4H3. The van der Waals surface area contributed by atoms with Crippen LogP contribution >= 0.6 is 0 Å². The third-order valence-corrected chi connectivity index (χ3v) is 5.15. The monoisotopic (exact) mass is 372 g/mol. The highest BCUT2D eigenvalue weighted by Crippen LogP contribution is 2.21. The van der Waals surface area contributed by atoms with E-state index in [0.717, 1.165) is 35.3 Å². The van der Waals surface area contributed by atoms with Crippen molar-refractivity contribution < 1.29 is 14.3 Å². The Hall–Kier alpha value is -2.44. The molecule has 0 aliphatic carbocycles. The molecule has 0 bridgehead atoms. The van der Waals surface area contributed by atoms with E-state index >= 15 is 0 Å². The van der Waals surface area contributed by atoms with Gasteiger partial charge in [-0.3, -0.25) is 4.79 Å². The number of aromatic nitrogens is 3. The van der Waals surface area contributed by atoms with Crippen LogP contribution in [0.5, 0.6) is 0 Å². The fourth-order valence-electron chi connectivity index (χ4n) is 3.48. The van der Waals surface area contributed by atoms with Crippen LogP contribution in [0.4, 0.5) is 0 Å². The van der Waals surface area contributed by atoms with Gasteiger partial charge in [0.15, 0.2) is 5.65 Å². The molecule has 0 aromatic carbocycles. The molecule has 27 heavy (non-hydrogen) atoms. The zero-order valence-corrected chi connectivity index (χ0v) is 16.6. The molecule has 146 valence electrons. The Morgan fingerprint density at radius 1 is 1.33 bits per heavy atom. The van der Waals surface area contributed by atoms with Gasteiger partial charge < -0.3 is 9.64 Å². The summed E-state index contributed by atoms with van der Waals surface area (Å²) in [7, 11) is 0. The van der Waals surface area contributed by atoms with Crippen LogP contribution in [0.3, 0.4) is 0 Å². The average molecular weight is 372 g/mol. The van der Waals surface area contributed by atoms with E-state index in [4.69, 9.17) is 4.74 Å². The first kappa shape index (κ1) is 19.3. The molecule has 3 heterocycles. The lowest BCUT2D eigenvalue weighted by molar-refractivity contribution is -0.154. The van der Waals surface area contributed by atoms with Gasteiger partial charge in [-0.25, -0.2) is 14.3 Å². The molecule has 1 atom stereocenters. The topological polar surface area (TPSA) is 76.8 Å². The minimum absolute atomic E-state index is 0.0265. The summed E-state index contributed by atoms with van der Waals surface area (Å²) in [5.74, 6) is -0.359. The number of hydrogen-bond donors (Lipinski definition) is 0. The zero-order valence-electron chi connectivity index (χ0n) is 16.6.